The SMILES string of the molecule is Br.CCCc1nc2c(C)cccc2n1Cc1ccc(NC(c2ccccc2)P(=O)(O)OCC)cc1. The number of aromatic nitrogens is 2. The average molecular weight is 558 g/mol. The lowest BCUT2D eigenvalue weighted by atomic mass is 10.1. The molecule has 1 heterocycles. The molecule has 0 saturated heterocycles. The minimum Gasteiger partial charge on any atom is -0.368 e. The van der Waals surface area contributed by atoms with Gasteiger partial charge in [0.1, 0.15) is 5.82 Å². The molecule has 2 atom stereocenters. The van der Waals surface area contributed by atoms with E-state index in [1.807, 2.05) is 54.6 Å². The number of nitrogens with one attached hydrogen (secondary N) is 1. The minimum atomic E-state index is -3.92. The van der Waals surface area contributed by atoms with Crippen molar-refractivity contribution in [1.82, 2.24) is 9.55 Å². The molecule has 0 aliphatic carbocycles. The highest BCUT2D eigenvalue weighted by Gasteiger charge is 2.33. The number of imidazole rings is 1. The molecule has 1 aromatic heterocycles. The summed E-state index contributed by atoms with van der Waals surface area (Å²) in [6.07, 6.45) is 1.96. The summed E-state index contributed by atoms with van der Waals surface area (Å²) in [7, 11) is -3.92. The van der Waals surface area contributed by atoms with Gasteiger partial charge in [0.05, 0.1) is 17.6 Å². The zero-order valence-corrected chi connectivity index (χ0v) is 23.0. The highest BCUT2D eigenvalue weighted by atomic mass is 79.9. The van der Waals surface area contributed by atoms with Crippen LogP contribution in [0.4, 0.5) is 5.69 Å². The first kappa shape index (κ1) is 27.2. The van der Waals surface area contributed by atoms with Crippen LogP contribution in [-0.4, -0.2) is 21.1 Å². The third kappa shape index (κ3) is 6.22. The predicted molar refractivity (Wildman–Crippen MR) is 149 cm³/mol. The molecule has 186 valence electrons. The summed E-state index contributed by atoms with van der Waals surface area (Å²) in [5, 5.41) is 3.22. The van der Waals surface area contributed by atoms with Gasteiger partial charge in [0.25, 0.3) is 0 Å². The van der Waals surface area contributed by atoms with Crippen molar-refractivity contribution in [3.05, 3.63) is 95.3 Å². The Bertz CT molecular complexity index is 1290. The van der Waals surface area contributed by atoms with Gasteiger partial charge >= 0.3 is 7.60 Å². The number of aryl methyl sites for hydroxylation is 2. The maximum atomic E-state index is 12.9. The maximum Gasteiger partial charge on any atom is 0.354 e. The summed E-state index contributed by atoms with van der Waals surface area (Å²) in [6.45, 7) is 6.86. The topological polar surface area (TPSA) is 76.4 Å². The van der Waals surface area contributed by atoms with Crippen LogP contribution in [0, 0.1) is 6.92 Å². The third-order valence-electron chi connectivity index (χ3n) is 5.89. The van der Waals surface area contributed by atoms with Crippen LogP contribution in [0.3, 0.4) is 0 Å². The molecule has 0 aliphatic rings. The summed E-state index contributed by atoms with van der Waals surface area (Å²) >= 11 is 0. The number of hydrogen-bond acceptors (Lipinski definition) is 4. The van der Waals surface area contributed by atoms with Gasteiger partial charge in [-0.15, -0.1) is 17.0 Å². The van der Waals surface area contributed by atoms with Crippen molar-refractivity contribution in [1.29, 1.82) is 0 Å². The Labute approximate surface area is 217 Å². The predicted octanol–water partition coefficient (Wildman–Crippen LogP) is 7.26. The minimum absolute atomic E-state index is 0. The summed E-state index contributed by atoms with van der Waals surface area (Å²) in [4.78, 5) is 15.5. The first-order chi connectivity index (χ1) is 16.4. The molecule has 3 aromatic carbocycles. The van der Waals surface area contributed by atoms with Crippen molar-refractivity contribution in [2.75, 3.05) is 11.9 Å². The van der Waals surface area contributed by atoms with E-state index in [9.17, 15) is 9.46 Å². The Balaban J connectivity index is 0.00000342. The second kappa shape index (κ2) is 12.0. The van der Waals surface area contributed by atoms with E-state index in [1.165, 1.54) is 5.56 Å². The summed E-state index contributed by atoms with van der Waals surface area (Å²) in [6, 6.07) is 23.5. The molecular formula is C27H33BrN3O3P. The zero-order chi connectivity index (χ0) is 24.1. The van der Waals surface area contributed by atoms with Crippen LogP contribution in [0.15, 0.2) is 72.8 Å². The Morgan fingerprint density at radius 3 is 2.40 bits per heavy atom. The number of rotatable bonds is 10. The lowest BCUT2D eigenvalue weighted by molar-refractivity contribution is 0.267. The number of halogens is 1. The van der Waals surface area contributed by atoms with Crippen LogP contribution < -0.4 is 5.32 Å². The molecule has 2 N–H and O–H groups in total. The van der Waals surface area contributed by atoms with Crippen LogP contribution in [-0.2, 0) is 22.1 Å². The van der Waals surface area contributed by atoms with Crippen molar-refractivity contribution in [2.45, 2.75) is 45.9 Å². The molecular weight excluding hydrogens is 525 g/mol. The molecule has 6 nitrogen and oxygen atoms in total. The van der Waals surface area contributed by atoms with Gasteiger partial charge in [-0.3, -0.25) is 4.57 Å². The highest BCUT2D eigenvalue weighted by molar-refractivity contribution is 8.93. The van der Waals surface area contributed by atoms with E-state index in [1.54, 1.807) is 6.92 Å². The molecule has 0 aliphatic heterocycles. The Morgan fingerprint density at radius 2 is 1.74 bits per heavy atom. The molecule has 0 amide bonds. The Kier molecular flexibility index (Phi) is 9.31. The lowest BCUT2D eigenvalue weighted by Gasteiger charge is -2.25. The fourth-order valence-corrected chi connectivity index (χ4v) is 5.60. The monoisotopic (exact) mass is 557 g/mol. The summed E-state index contributed by atoms with van der Waals surface area (Å²) in [5.41, 5.74) is 5.99. The van der Waals surface area contributed by atoms with Crippen molar-refractivity contribution in [2.24, 2.45) is 0 Å². The van der Waals surface area contributed by atoms with E-state index >= 15 is 0 Å². The van der Waals surface area contributed by atoms with Crippen molar-refractivity contribution in [3.8, 4) is 0 Å². The molecule has 0 fully saturated rings. The molecule has 2 unspecified atom stereocenters. The molecule has 4 rings (SSSR count). The molecule has 4 aromatic rings. The number of benzene rings is 3. The summed E-state index contributed by atoms with van der Waals surface area (Å²) in [5.74, 6) is 0.243. The normalized spacial score (nSPS) is 13.7. The van der Waals surface area contributed by atoms with Gasteiger partial charge < -0.3 is 19.3 Å². The van der Waals surface area contributed by atoms with Crippen LogP contribution in [0.2, 0.25) is 0 Å². The van der Waals surface area contributed by atoms with Crippen LogP contribution >= 0.6 is 24.6 Å². The fourth-order valence-electron chi connectivity index (χ4n) is 4.22. The van der Waals surface area contributed by atoms with Crippen molar-refractivity contribution < 1.29 is 14.0 Å². The molecule has 0 spiro atoms. The van der Waals surface area contributed by atoms with E-state index in [0.717, 1.165) is 47.5 Å². The third-order valence-corrected chi connectivity index (χ3v) is 7.59. The molecule has 35 heavy (non-hydrogen) atoms. The molecule has 0 saturated carbocycles. The number of fused-ring (bicyclic) bond motifs is 1. The number of hydrogen-bond donors (Lipinski definition) is 2. The number of anilines is 1. The van der Waals surface area contributed by atoms with Gasteiger partial charge in [0, 0.05) is 18.7 Å². The van der Waals surface area contributed by atoms with E-state index in [0.29, 0.717) is 5.56 Å². The Hall–Kier alpha value is -2.44. The van der Waals surface area contributed by atoms with Crippen molar-refractivity contribution >= 4 is 41.3 Å². The van der Waals surface area contributed by atoms with Gasteiger partial charge in [-0.2, -0.15) is 0 Å². The standard InChI is InChI=1S/C27H32N3O3P.BrH/c1-4-10-25-29-26-20(3)11-9-14-24(26)30(25)19-21-15-17-23(18-16-21)28-27(34(31,32)33-5-2)22-12-7-6-8-13-22;/h6-9,11-18,27-28H,4-5,10,19H2,1-3H3,(H,31,32);1H. The van der Waals surface area contributed by atoms with Crippen LogP contribution in [0.25, 0.3) is 11.0 Å². The largest absolute Gasteiger partial charge is 0.368 e. The highest BCUT2D eigenvalue weighted by Crippen LogP contribution is 2.56. The number of para-hydroxylation sites is 1. The van der Waals surface area contributed by atoms with E-state index in [-0.39, 0.29) is 23.6 Å². The van der Waals surface area contributed by atoms with Crippen molar-refractivity contribution in [3.63, 3.8) is 0 Å². The molecule has 0 bridgehead atoms. The van der Waals surface area contributed by atoms with Gasteiger partial charge in [-0.1, -0.05) is 61.5 Å². The quantitative estimate of drug-likeness (QED) is 0.201. The summed E-state index contributed by atoms with van der Waals surface area (Å²) < 4.78 is 20.4. The van der Waals surface area contributed by atoms with Gasteiger partial charge in [0.15, 0.2) is 5.78 Å². The lowest BCUT2D eigenvalue weighted by Crippen LogP contribution is -2.13. The van der Waals surface area contributed by atoms with Gasteiger partial charge in [0.2, 0.25) is 0 Å². The first-order valence-electron chi connectivity index (χ1n) is 11.7. The smallest absolute Gasteiger partial charge is 0.354 e. The second-order valence-electron chi connectivity index (χ2n) is 8.44. The Morgan fingerprint density at radius 1 is 1.03 bits per heavy atom. The first-order valence-corrected chi connectivity index (χ1v) is 13.4. The van der Waals surface area contributed by atoms with Gasteiger partial charge in [-0.05, 0) is 55.2 Å². The molecule has 0 radical (unpaired) electrons. The average Bonchev–Trinajstić information content (AvgIpc) is 3.17. The maximum absolute atomic E-state index is 12.9. The van der Waals surface area contributed by atoms with Gasteiger partial charge in [-0.25, -0.2) is 4.98 Å². The van der Waals surface area contributed by atoms with Crippen LogP contribution in [0.1, 0.15) is 48.6 Å². The second-order valence-corrected chi connectivity index (χ2v) is 10.3. The number of nitrogens with zero attached hydrogens (tertiary/aromatic N) is 2. The van der Waals surface area contributed by atoms with Crippen LogP contribution in [0.5, 0.6) is 0 Å². The fraction of sp³-hybridized carbons (Fsp3) is 0.296. The molecule has 8 heteroatoms. The van der Waals surface area contributed by atoms with E-state index in [2.05, 4.69) is 41.9 Å². The zero-order valence-electron chi connectivity index (χ0n) is 20.3. The van der Waals surface area contributed by atoms with E-state index in [4.69, 9.17) is 9.51 Å². The van der Waals surface area contributed by atoms with E-state index < -0.39 is 13.4 Å².